The van der Waals surface area contributed by atoms with Crippen molar-refractivity contribution in [3.8, 4) is 5.75 Å². The molecule has 1 N–H and O–H groups in total. The predicted molar refractivity (Wildman–Crippen MR) is 80.8 cm³/mol. The molecule has 0 aromatic heterocycles. The first kappa shape index (κ1) is 15.5. The lowest BCUT2D eigenvalue weighted by molar-refractivity contribution is -0.384. The highest BCUT2D eigenvalue weighted by Gasteiger charge is 2.11. The van der Waals surface area contributed by atoms with Crippen LogP contribution in [0.15, 0.2) is 54.3 Å². The molecule has 0 heterocycles. The summed E-state index contributed by atoms with van der Waals surface area (Å²) in [5.74, 6) is -1.25. The van der Waals surface area contributed by atoms with Gasteiger partial charge in [-0.25, -0.2) is 4.79 Å². The molecule has 0 amide bonds. The normalized spacial score (nSPS) is 11.0. The fourth-order valence-corrected chi connectivity index (χ4v) is 1.73. The zero-order chi connectivity index (χ0) is 16.1. The lowest BCUT2D eigenvalue weighted by atomic mass is 10.2. The van der Waals surface area contributed by atoms with Crippen molar-refractivity contribution in [3.05, 3.63) is 75.0 Å². The van der Waals surface area contributed by atoms with Gasteiger partial charge in [-0.15, -0.1) is 0 Å². The molecular formula is C15H10ClNO5. The van der Waals surface area contributed by atoms with Crippen molar-refractivity contribution in [2.24, 2.45) is 0 Å². The van der Waals surface area contributed by atoms with Crippen LogP contribution >= 0.6 is 11.6 Å². The van der Waals surface area contributed by atoms with Crippen molar-refractivity contribution in [1.29, 1.82) is 0 Å². The fourth-order valence-electron chi connectivity index (χ4n) is 1.61. The van der Waals surface area contributed by atoms with E-state index in [9.17, 15) is 14.9 Å². The molecule has 2 aromatic carbocycles. The third kappa shape index (κ3) is 4.07. The van der Waals surface area contributed by atoms with Gasteiger partial charge >= 0.3 is 5.97 Å². The Labute approximate surface area is 130 Å². The molecule has 0 radical (unpaired) electrons. The number of non-ortho nitro benzene ring substituents is 1. The van der Waals surface area contributed by atoms with Crippen LogP contribution < -0.4 is 4.74 Å². The summed E-state index contributed by atoms with van der Waals surface area (Å²) < 4.78 is 5.28. The third-order valence-electron chi connectivity index (χ3n) is 2.65. The summed E-state index contributed by atoms with van der Waals surface area (Å²) in [4.78, 5) is 21.3. The quantitative estimate of drug-likeness (QED) is 0.392. The number of benzene rings is 2. The first-order valence-electron chi connectivity index (χ1n) is 6.08. The SMILES string of the molecule is O=C(O)/C(=C\c1ccc([N+](=O)[O-])cc1)Oc1ccc(Cl)cc1. The molecule has 6 nitrogen and oxygen atoms in total. The van der Waals surface area contributed by atoms with E-state index in [0.29, 0.717) is 16.3 Å². The first-order valence-corrected chi connectivity index (χ1v) is 6.46. The van der Waals surface area contributed by atoms with Gasteiger partial charge in [0.15, 0.2) is 0 Å². The first-order chi connectivity index (χ1) is 10.5. The van der Waals surface area contributed by atoms with Crippen molar-refractivity contribution in [3.63, 3.8) is 0 Å². The molecule has 0 bridgehead atoms. The maximum absolute atomic E-state index is 11.2. The second-order valence-corrected chi connectivity index (χ2v) is 4.65. The highest BCUT2D eigenvalue weighted by Crippen LogP contribution is 2.20. The number of carbonyl (C=O) groups is 1. The summed E-state index contributed by atoms with van der Waals surface area (Å²) >= 11 is 5.74. The third-order valence-corrected chi connectivity index (χ3v) is 2.91. The Hall–Kier alpha value is -2.86. The Morgan fingerprint density at radius 1 is 1.14 bits per heavy atom. The van der Waals surface area contributed by atoms with Crippen LogP contribution in [-0.2, 0) is 4.79 Å². The lowest BCUT2D eigenvalue weighted by Crippen LogP contribution is -2.07. The number of nitro benzene ring substituents is 1. The van der Waals surface area contributed by atoms with Crippen LogP contribution in [0.25, 0.3) is 6.08 Å². The maximum atomic E-state index is 11.2. The number of aliphatic carboxylic acids is 1. The molecule has 0 unspecified atom stereocenters. The highest BCUT2D eigenvalue weighted by molar-refractivity contribution is 6.30. The van der Waals surface area contributed by atoms with Gasteiger partial charge in [-0.3, -0.25) is 10.1 Å². The van der Waals surface area contributed by atoms with E-state index in [4.69, 9.17) is 21.4 Å². The smallest absolute Gasteiger partial charge is 0.371 e. The van der Waals surface area contributed by atoms with Crippen LogP contribution in [0.3, 0.4) is 0 Å². The van der Waals surface area contributed by atoms with Crippen LogP contribution in [0.2, 0.25) is 5.02 Å². The van der Waals surface area contributed by atoms with E-state index in [1.165, 1.54) is 42.5 Å². The van der Waals surface area contributed by atoms with Crippen molar-refractivity contribution in [2.75, 3.05) is 0 Å². The van der Waals surface area contributed by atoms with Gasteiger partial charge in [0.25, 0.3) is 5.69 Å². The molecule has 0 atom stereocenters. The summed E-state index contributed by atoms with van der Waals surface area (Å²) in [5, 5.41) is 20.2. The number of rotatable bonds is 5. The summed E-state index contributed by atoms with van der Waals surface area (Å²) in [6, 6.07) is 11.7. The molecule has 112 valence electrons. The molecular weight excluding hydrogens is 310 g/mol. The molecule has 0 aliphatic heterocycles. The average Bonchev–Trinajstić information content (AvgIpc) is 2.49. The van der Waals surface area contributed by atoms with E-state index >= 15 is 0 Å². The number of carboxylic acid groups (broad SMARTS) is 1. The Balaban J connectivity index is 2.25. The van der Waals surface area contributed by atoms with Gasteiger partial charge in [-0.05, 0) is 48.0 Å². The molecule has 22 heavy (non-hydrogen) atoms. The minimum absolute atomic E-state index is 0.0763. The van der Waals surface area contributed by atoms with Gasteiger partial charge in [0.1, 0.15) is 5.75 Å². The number of carboxylic acids is 1. The lowest BCUT2D eigenvalue weighted by Gasteiger charge is -2.06. The van der Waals surface area contributed by atoms with E-state index in [2.05, 4.69) is 0 Å². The predicted octanol–water partition coefficient (Wildman–Crippen LogP) is 3.75. The zero-order valence-corrected chi connectivity index (χ0v) is 11.9. The van der Waals surface area contributed by atoms with Gasteiger partial charge in [-0.1, -0.05) is 11.6 Å². The Kier molecular flexibility index (Phi) is 4.75. The minimum atomic E-state index is -1.26. The van der Waals surface area contributed by atoms with E-state index in [0.717, 1.165) is 0 Å². The summed E-state index contributed by atoms with van der Waals surface area (Å²) in [6.45, 7) is 0. The van der Waals surface area contributed by atoms with Crippen LogP contribution in [0.4, 0.5) is 5.69 Å². The summed E-state index contributed by atoms with van der Waals surface area (Å²) in [7, 11) is 0. The second-order valence-electron chi connectivity index (χ2n) is 4.22. The van der Waals surface area contributed by atoms with Gasteiger partial charge in [0.05, 0.1) is 4.92 Å². The monoisotopic (exact) mass is 319 g/mol. The van der Waals surface area contributed by atoms with Crippen molar-refractivity contribution in [1.82, 2.24) is 0 Å². The molecule has 7 heteroatoms. The van der Waals surface area contributed by atoms with Gasteiger partial charge in [0, 0.05) is 17.2 Å². The molecule has 0 saturated carbocycles. The number of nitro groups is 1. The van der Waals surface area contributed by atoms with E-state index < -0.39 is 10.9 Å². The van der Waals surface area contributed by atoms with Gasteiger partial charge in [-0.2, -0.15) is 0 Å². The zero-order valence-electron chi connectivity index (χ0n) is 11.1. The highest BCUT2D eigenvalue weighted by atomic mass is 35.5. The molecule has 2 rings (SSSR count). The standard InChI is InChI=1S/C15H10ClNO5/c16-11-3-7-13(8-4-11)22-14(15(18)19)9-10-1-5-12(6-2-10)17(20)21/h1-9H,(H,18,19)/b14-9+. The number of ether oxygens (including phenoxy) is 1. The molecule has 0 spiro atoms. The Morgan fingerprint density at radius 3 is 2.23 bits per heavy atom. The Morgan fingerprint density at radius 2 is 1.73 bits per heavy atom. The van der Waals surface area contributed by atoms with Crippen LogP contribution in [0.5, 0.6) is 5.75 Å². The number of halogens is 1. The molecule has 0 aliphatic carbocycles. The minimum Gasteiger partial charge on any atom is -0.475 e. The van der Waals surface area contributed by atoms with Crippen molar-refractivity contribution in [2.45, 2.75) is 0 Å². The van der Waals surface area contributed by atoms with Gasteiger partial charge < -0.3 is 9.84 Å². The summed E-state index contributed by atoms with van der Waals surface area (Å²) in [5.41, 5.74) is 0.393. The van der Waals surface area contributed by atoms with E-state index in [-0.39, 0.29) is 11.4 Å². The number of hydrogen-bond acceptors (Lipinski definition) is 4. The molecule has 2 aromatic rings. The van der Waals surface area contributed by atoms with Crippen LogP contribution in [-0.4, -0.2) is 16.0 Å². The fraction of sp³-hybridized carbons (Fsp3) is 0. The molecule has 0 aliphatic rings. The molecule has 0 fully saturated rings. The number of hydrogen-bond donors (Lipinski definition) is 1. The topological polar surface area (TPSA) is 89.7 Å². The molecule has 0 saturated heterocycles. The van der Waals surface area contributed by atoms with Gasteiger partial charge in [0.2, 0.25) is 5.76 Å². The average molecular weight is 320 g/mol. The number of nitrogens with zero attached hydrogens (tertiary/aromatic N) is 1. The van der Waals surface area contributed by atoms with Crippen molar-refractivity contribution >= 4 is 29.3 Å². The van der Waals surface area contributed by atoms with E-state index in [1.807, 2.05) is 0 Å². The van der Waals surface area contributed by atoms with E-state index in [1.54, 1.807) is 12.1 Å². The van der Waals surface area contributed by atoms with Crippen LogP contribution in [0.1, 0.15) is 5.56 Å². The Bertz CT molecular complexity index is 723. The largest absolute Gasteiger partial charge is 0.475 e. The second kappa shape index (κ2) is 6.73. The maximum Gasteiger partial charge on any atom is 0.371 e. The van der Waals surface area contributed by atoms with Crippen LogP contribution in [0, 0.1) is 10.1 Å². The van der Waals surface area contributed by atoms with Crippen molar-refractivity contribution < 1.29 is 19.6 Å². The summed E-state index contributed by atoms with van der Waals surface area (Å²) in [6.07, 6.45) is 1.28.